The molecule has 0 bridgehead atoms. The van der Waals surface area contributed by atoms with Crippen LogP contribution in [0.1, 0.15) is 10.4 Å². The number of carbonyl (C=O) groups excluding carboxylic acids is 1. The first-order chi connectivity index (χ1) is 6.06. The Balaban J connectivity index is 3.23. The van der Waals surface area contributed by atoms with Gasteiger partial charge in [-0.3, -0.25) is 4.79 Å². The zero-order chi connectivity index (χ0) is 10.0. The van der Waals surface area contributed by atoms with Crippen LogP contribution < -0.4 is 0 Å². The fraction of sp³-hybridized carbons (Fsp3) is 0.125. The van der Waals surface area contributed by atoms with Gasteiger partial charge < -0.3 is 5.11 Å². The van der Waals surface area contributed by atoms with Gasteiger partial charge in [0, 0.05) is 6.07 Å². The molecule has 0 aromatic heterocycles. The van der Waals surface area contributed by atoms with Gasteiger partial charge in [-0.1, -0.05) is 0 Å². The van der Waals surface area contributed by atoms with Crippen LogP contribution in [-0.2, 0) is 0 Å². The van der Waals surface area contributed by atoms with Crippen LogP contribution in [0.2, 0.25) is 0 Å². The Hall–Kier alpha value is -0.610. The predicted molar refractivity (Wildman–Crippen MR) is 50.8 cm³/mol. The van der Waals surface area contributed by atoms with E-state index in [0.717, 1.165) is 6.07 Å². The molecular weight excluding hydrogens is 262 g/mol. The first kappa shape index (κ1) is 10.5. The van der Waals surface area contributed by atoms with Gasteiger partial charge in [-0.25, -0.2) is 4.39 Å². The molecule has 0 fully saturated rings. The van der Waals surface area contributed by atoms with Crippen LogP contribution in [0.5, 0.6) is 5.75 Å². The van der Waals surface area contributed by atoms with E-state index in [4.69, 9.17) is 11.6 Å². The van der Waals surface area contributed by atoms with Gasteiger partial charge in [0.05, 0.1) is 15.9 Å². The molecule has 70 valence electrons. The van der Waals surface area contributed by atoms with Crippen molar-refractivity contribution in [3.8, 4) is 5.75 Å². The molecule has 0 amide bonds. The van der Waals surface area contributed by atoms with E-state index < -0.39 is 17.3 Å². The highest BCUT2D eigenvalue weighted by Gasteiger charge is 2.13. The van der Waals surface area contributed by atoms with Crippen molar-refractivity contribution < 1.29 is 14.3 Å². The summed E-state index contributed by atoms with van der Waals surface area (Å²) in [6, 6.07) is 2.07. The lowest BCUT2D eigenvalue weighted by Gasteiger charge is -2.02. The zero-order valence-corrected chi connectivity index (χ0v) is 8.69. The van der Waals surface area contributed by atoms with Crippen LogP contribution in [0, 0.1) is 5.82 Å². The highest BCUT2D eigenvalue weighted by molar-refractivity contribution is 9.10. The molecule has 0 radical (unpaired) electrons. The second-order valence-electron chi connectivity index (χ2n) is 2.34. The van der Waals surface area contributed by atoms with Crippen LogP contribution >= 0.6 is 27.5 Å². The average Bonchev–Trinajstić information content (AvgIpc) is 2.10. The van der Waals surface area contributed by atoms with Crippen molar-refractivity contribution in [2.75, 3.05) is 5.88 Å². The van der Waals surface area contributed by atoms with E-state index in [1.54, 1.807) is 0 Å². The fourth-order valence-corrected chi connectivity index (χ4v) is 1.32. The van der Waals surface area contributed by atoms with E-state index in [0.29, 0.717) is 0 Å². The van der Waals surface area contributed by atoms with Crippen molar-refractivity contribution in [1.82, 2.24) is 0 Å². The Kier molecular flexibility index (Phi) is 3.27. The molecule has 0 atom stereocenters. The Morgan fingerprint density at radius 1 is 1.62 bits per heavy atom. The van der Waals surface area contributed by atoms with E-state index in [1.165, 1.54) is 6.07 Å². The number of carbonyl (C=O) groups is 1. The molecule has 0 unspecified atom stereocenters. The predicted octanol–water partition coefficient (Wildman–Crippen LogP) is 2.72. The Morgan fingerprint density at radius 3 is 2.77 bits per heavy atom. The van der Waals surface area contributed by atoms with Gasteiger partial charge in [0.2, 0.25) is 0 Å². The van der Waals surface area contributed by atoms with Crippen LogP contribution in [0.25, 0.3) is 0 Å². The SMILES string of the molecule is O=C(CCl)c1cc(Br)c(F)cc1O. The average molecular weight is 267 g/mol. The first-order valence-corrected chi connectivity index (χ1v) is 4.66. The van der Waals surface area contributed by atoms with E-state index in [1.807, 2.05) is 0 Å². The van der Waals surface area contributed by atoms with Crippen LogP contribution in [0.4, 0.5) is 4.39 Å². The van der Waals surface area contributed by atoms with Crippen molar-refractivity contribution in [3.63, 3.8) is 0 Å². The number of Topliss-reactive ketones (excluding diaryl/α,β-unsaturated/α-hetero) is 1. The maximum Gasteiger partial charge on any atom is 0.181 e. The molecule has 1 aromatic carbocycles. The fourth-order valence-electron chi connectivity index (χ4n) is 0.832. The number of benzene rings is 1. The topological polar surface area (TPSA) is 37.3 Å². The van der Waals surface area contributed by atoms with Crippen molar-refractivity contribution in [1.29, 1.82) is 0 Å². The van der Waals surface area contributed by atoms with Gasteiger partial charge >= 0.3 is 0 Å². The highest BCUT2D eigenvalue weighted by Crippen LogP contribution is 2.25. The maximum atomic E-state index is 12.8. The van der Waals surface area contributed by atoms with Crippen LogP contribution in [0.3, 0.4) is 0 Å². The van der Waals surface area contributed by atoms with Crippen molar-refractivity contribution in [3.05, 3.63) is 28.0 Å². The van der Waals surface area contributed by atoms with Gasteiger partial charge in [-0.05, 0) is 22.0 Å². The van der Waals surface area contributed by atoms with Gasteiger partial charge in [0.15, 0.2) is 5.78 Å². The molecule has 1 aromatic rings. The second kappa shape index (κ2) is 4.07. The summed E-state index contributed by atoms with van der Waals surface area (Å²) >= 11 is 8.18. The van der Waals surface area contributed by atoms with Crippen molar-refractivity contribution >= 4 is 33.3 Å². The minimum Gasteiger partial charge on any atom is -0.507 e. The lowest BCUT2D eigenvalue weighted by atomic mass is 10.1. The van der Waals surface area contributed by atoms with Crippen molar-refractivity contribution in [2.45, 2.75) is 0 Å². The molecular formula is C8H5BrClFO2. The molecule has 13 heavy (non-hydrogen) atoms. The molecule has 0 aliphatic heterocycles. The Morgan fingerprint density at radius 2 is 2.23 bits per heavy atom. The van der Waals surface area contributed by atoms with Gasteiger partial charge in [-0.2, -0.15) is 0 Å². The quantitative estimate of drug-likeness (QED) is 0.661. The molecule has 0 aliphatic carbocycles. The third-order valence-electron chi connectivity index (χ3n) is 1.46. The summed E-state index contributed by atoms with van der Waals surface area (Å²) in [6.07, 6.45) is 0. The second-order valence-corrected chi connectivity index (χ2v) is 3.46. The molecule has 2 nitrogen and oxygen atoms in total. The van der Waals surface area contributed by atoms with Crippen molar-refractivity contribution in [2.24, 2.45) is 0 Å². The van der Waals surface area contributed by atoms with Crippen LogP contribution in [0.15, 0.2) is 16.6 Å². The van der Waals surface area contributed by atoms with Gasteiger partial charge in [-0.15, -0.1) is 11.6 Å². The minimum atomic E-state index is -0.622. The summed E-state index contributed by atoms with van der Waals surface area (Å²) in [4.78, 5) is 11.1. The van der Waals surface area contributed by atoms with Gasteiger partial charge in [0.25, 0.3) is 0 Å². The lowest BCUT2D eigenvalue weighted by Crippen LogP contribution is -2.01. The summed E-state index contributed by atoms with van der Waals surface area (Å²) in [5.74, 6) is -1.71. The number of phenols is 1. The molecule has 0 spiro atoms. The summed E-state index contributed by atoms with van der Waals surface area (Å²) in [5.41, 5.74) is 0.0169. The molecule has 0 saturated heterocycles. The molecule has 5 heteroatoms. The van der Waals surface area contributed by atoms with E-state index in [9.17, 15) is 14.3 Å². The standard InChI is InChI=1S/C8H5BrClFO2/c9-5-1-4(8(13)3-10)7(12)2-6(5)11/h1-2,12H,3H2. The maximum absolute atomic E-state index is 12.8. The summed E-state index contributed by atoms with van der Waals surface area (Å²) < 4.78 is 12.9. The third-order valence-corrected chi connectivity index (χ3v) is 2.31. The lowest BCUT2D eigenvalue weighted by molar-refractivity contribution is 0.101. The normalized spacial score (nSPS) is 10.1. The zero-order valence-electron chi connectivity index (χ0n) is 6.35. The number of phenolic OH excluding ortho intramolecular Hbond substituents is 1. The summed E-state index contributed by atoms with van der Waals surface area (Å²) in [6.45, 7) is 0. The molecule has 1 rings (SSSR count). The number of rotatable bonds is 2. The monoisotopic (exact) mass is 266 g/mol. The van der Waals surface area contributed by atoms with E-state index in [-0.39, 0.29) is 15.9 Å². The number of ketones is 1. The largest absolute Gasteiger partial charge is 0.507 e. The Labute approximate surface area is 87.5 Å². The van der Waals surface area contributed by atoms with E-state index in [2.05, 4.69) is 15.9 Å². The third kappa shape index (κ3) is 2.19. The van der Waals surface area contributed by atoms with Crippen LogP contribution in [-0.4, -0.2) is 16.8 Å². The van der Waals surface area contributed by atoms with Gasteiger partial charge in [0.1, 0.15) is 11.6 Å². The smallest absolute Gasteiger partial charge is 0.181 e. The number of hydrogen-bond acceptors (Lipinski definition) is 2. The molecule has 0 aliphatic rings. The Bertz CT molecular complexity index is 354. The number of halogens is 3. The molecule has 0 saturated carbocycles. The summed E-state index contributed by atoms with van der Waals surface area (Å²) in [7, 11) is 0. The minimum absolute atomic E-state index is 0.0169. The number of alkyl halides is 1. The summed E-state index contributed by atoms with van der Waals surface area (Å²) in [5, 5.41) is 9.18. The molecule has 0 heterocycles. The number of hydrogen-bond donors (Lipinski definition) is 1. The highest BCUT2D eigenvalue weighted by atomic mass is 79.9. The molecule has 1 N–H and O–H groups in total. The number of aromatic hydroxyl groups is 1. The van der Waals surface area contributed by atoms with E-state index >= 15 is 0 Å². The first-order valence-electron chi connectivity index (χ1n) is 3.33.